The van der Waals surface area contributed by atoms with Crippen LogP contribution in [-0.2, 0) is 10.0 Å². The number of halogens is 2. The largest absolute Gasteiger partial charge is 0.474 e. The quantitative estimate of drug-likeness (QED) is 0.730. The van der Waals surface area contributed by atoms with E-state index in [1.54, 1.807) is 0 Å². The van der Waals surface area contributed by atoms with Crippen LogP contribution in [0.4, 0.5) is 10.1 Å². The molecule has 2 N–H and O–H groups in total. The minimum absolute atomic E-state index is 0.0221. The number of hydrogen-bond donors (Lipinski definition) is 2. The maximum atomic E-state index is 14.3. The molecule has 1 aromatic heterocycles. The Balaban J connectivity index is 1.67. The Kier molecular flexibility index (Phi) is 5.56. The van der Waals surface area contributed by atoms with Gasteiger partial charge in [-0.15, -0.1) is 0 Å². The molecule has 2 heterocycles. The van der Waals surface area contributed by atoms with Gasteiger partial charge >= 0.3 is 0 Å². The predicted molar refractivity (Wildman–Crippen MR) is 107 cm³/mol. The molecule has 30 heavy (non-hydrogen) atoms. The molecule has 1 amide bonds. The molecule has 1 aliphatic heterocycles. The molecule has 2 aliphatic rings. The second kappa shape index (κ2) is 8.01. The highest BCUT2D eigenvalue weighted by Gasteiger charge is 2.34. The van der Waals surface area contributed by atoms with E-state index in [9.17, 15) is 22.7 Å². The number of pyridine rings is 1. The van der Waals surface area contributed by atoms with Crippen molar-refractivity contribution in [3.8, 4) is 5.88 Å². The first kappa shape index (κ1) is 20.8. The molecule has 1 aromatic carbocycles. The monoisotopic (exact) mass is 455 g/mol. The van der Waals surface area contributed by atoms with Crippen molar-refractivity contribution in [1.29, 1.82) is 0 Å². The van der Waals surface area contributed by atoms with Gasteiger partial charge in [0.2, 0.25) is 5.88 Å². The van der Waals surface area contributed by atoms with E-state index < -0.39 is 32.7 Å². The van der Waals surface area contributed by atoms with Crippen molar-refractivity contribution in [1.82, 2.24) is 10.3 Å². The molecule has 1 fully saturated rings. The van der Waals surface area contributed by atoms with E-state index in [2.05, 4.69) is 10.3 Å². The molecule has 0 unspecified atom stereocenters. The van der Waals surface area contributed by atoms with E-state index in [0.29, 0.717) is 12.8 Å². The van der Waals surface area contributed by atoms with Gasteiger partial charge in [-0.3, -0.25) is 9.10 Å². The molecule has 1 saturated carbocycles. The van der Waals surface area contributed by atoms with Crippen LogP contribution in [0.5, 0.6) is 5.88 Å². The van der Waals surface area contributed by atoms with Gasteiger partial charge in [0, 0.05) is 11.2 Å². The summed E-state index contributed by atoms with van der Waals surface area (Å²) in [7, 11) is -4.29. The van der Waals surface area contributed by atoms with Gasteiger partial charge in [-0.2, -0.15) is 0 Å². The van der Waals surface area contributed by atoms with Crippen molar-refractivity contribution in [2.45, 2.75) is 36.3 Å². The zero-order valence-corrected chi connectivity index (χ0v) is 17.3. The summed E-state index contributed by atoms with van der Waals surface area (Å²) in [5.41, 5.74) is 0.144. The van der Waals surface area contributed by atoms with E-state index in [1.165, 1.54) is 18.3 Å². The molecule has 11 heteroatoms. The Morgan fingerprint density at radius 2 is 2.13 bits per heavy atom. The van der Waals surface area contributed by atoms with Crippen molar-refractivity contribution in [2.75, 3.05) is 17.5 Å². The van der Waals surface area contributed by atoms with E-state index in [0.717, 1.165) is 22.9 Å². The number of aromatic nitrogens is 1. The first-order valence-corrected chi connectivity index (χ1v) is 11.2. The van der Waals surface area contributed by atoms with Crippen LogP contribution in [-0.4, -0.2) is 49.7 Å². The molecule has 4 rings (SSSR count). The molecular weight excluding hydrogens is 437 g/mol. The summed E-state index contributed by atoms with van der Waals surface area (Å²) in [6.45, 7) is -0.0558. The van der Waals surface area contributed by atoms with Crippen LogP contribution in [0.1, 0.15) is 29.6 Å². The summed E-state index contributed by atoms with van der Waals surface area (Å²) >= 11 is 5.73. The van der Waals surface area contributed by atoms with Crippen LogP contribution >= 0.6 is 11.6 Å². The first-order chi connectivity index (χ1) is 14.3. The number of nitrogens with zero attached hydrogens (tertiary/aromatic N) is 2. The molecular formula is C19H19ClFN3O5S. The summed E-state index contributed by atoms with van der Waals surface area (Å²) in [4.78, 5) is 16.1. The van der Waals surface area contributed by atoms with Crippen LogP contribution in [0.2, 0.25) is 5.02 Å². The lowest BCUT2D eigenvalue weighted by atomic mass is 10.2. The highest BCUT2D eigenvalue weighted by Crippen LogP contribution is 2.35. The molecule has 1 aliphatic carbocycles. The van der Waals surface area contributed by atoms with Gasteiger partial charge < -0.3 is 15.2 Å². The Labute approximate surface area is 177 Å². The number of carbonyl (C=O) groups excluding carboxylic acids is 1. The van der Waals surface area contributed by atoms with Crippen molar-refractivity contribution in [2.24, 2.45) is 0 Å². The number of hydrogen-bond acceptors (Lipinski definition) is 6. The number of aliphatic hydroxyl groups excluding tert-OH is 1. The normalized spacial score (nSPS) is 21.1. The predicted octanol–water partition coefficient (Wildman–Crippen LogP) is 2.11. The van der Waals surface area contributed by atoms with Gasteiger partial charge in [0.25, 0.3) is 15.9 Å². The van der Waals surface area contributed by atoms with E-state index in [-0.39, 0.29) is 41.3 Å². The van der Waals surface area contributed by atoms with Crippen LogP contribution in [0.15, 0.2) is 35.4 Å². The third kappa shape index (κ3) is 3.82. The van der Waals surface area contributed by atoms with Gasteiger partial charge in [-0.25, -0.2) is 17.8 Å². The number of benzene rings is 1. The van der Waals surface area contributed by atoms with Crippen LogP contribution in [0.3, 0.4) is 0 Å². The smallest absolute Gasteiger partial charge is 0.267 e. The molecule has 0 spiro atoms. The second-order valence-corrected chi connectivity index (χ2v) is 9.39. The topological polar surface area (TPSA) is 109 Å². The van der Waals surface area contributed by atoms with Crippen molar-refractivity contribution in [3.05, 3.63) is 46.9 Å². The van der Waals surface area contributed by atoms with Crippen molar-refractivity contribution >= 4 is 33.2 Å². The first-order valence-electron chi connectivity index (χ1n) is 9.37. The van der Waals surface area contributed by atoms with Crippen LogP contribution in [0, 0.1) is 5.82 Å². The number of rotatable bonds is 4. The molecule has 8 nitrogen and oxygen atoms in total. The fourth-order valence-electron chi connectivity index (χ4n) is 3.61. The summed E-state index contributed by atoms with van der Waals surface area (Å²) < 4.78 is 46.9. The SMILES string of the molecule is O=C(N[C@H]1CCC[C@@H]1O)c1cnc2c(c1)N(S(=O)(=O)c1ccc(Cl)cc1F)CCO2. The van der Waals surface area contributed by atoms with Gasteiger partial charge in [-0.1, -0.05) is 11.6 Å². The number of nitrogens with one attached hydrogen (secondary N) is 1. The highest BCUT2D eigenvalue weighted by atomic mass is 35.5. The molecule has 0 saturated heterocycles. The van der Waals surface area contributed by atoms with Crippen molar-refractivity contribution < 1.29 is 27.4 Å². The number of amides is 1. The third-order valence-electron chi connectivity index (χ3n) is 5.15. The molecule has 2 aromatic rings. The lowest BCUT2D eigenvalue weighted by Gasteiger charge is -2.30. The lowest BCUT2D eigenvalue weighted by Crippen LogP contribution is -2.41. The summed E-state index contributed by atoms with van der Waals surface area (Å²) in [5, 5.41) is 12.7. The fraction of sp³-hybridized carbons (Fsp3) is 0.368. The Hall–Kier alpha value is -2.43. The second-order valence-electron chi connectivity index (χ2n) is 7.13. The number of ether oxygens (including phenoxy) is 1. The number of fused-ring (bicyclic) bond motifs is 1. The van der Waals surface area contributed by atoms with Gasteiger partial charge in [-0.05, 0) is 43.5 Å². The van der Waals surface area contributed by atoms with E-state index in [1.807, 2.05) is 0 Å². The summed E-state index contributed by atoms with van der Waals surface area (Å²) in [6.07, 6.45) is 2.73. The van der Waals surface area contributed by atoms with Gasteiger partial charge in [0.1, 0.15) is 23.0 Å². The Morgan fingerprint density at radius 3 is 2.83 bits per heavy atom. The van der Waals surface area contributed by atoms with Crippen molar-refractivity contribution in [3.63, 3.8) is 0 Å². The highest BCUT2D eigenvalue weighted by molar-refractivity contribution is 7.92. The standard InChI is InChI=1S/C19H19ClFN3O5S/c20-12-4-5-17(13(21)9-12)30(27,28)24-6-7-29-19-15(24)8-11(10-22-19)18(26)23-14-2-1-3-16(14)25/h4-5,8-10,14,16,25H,1-3,6-7H2,(H,23,26)/t14-,16-/m0/s1. The van der Waals surface area contributed by atoms with Crippen LogP contribution < -0.4 is 14.4 Å². The molecule has 0 bridgehead atoms. The van der Waals surface area contributed by atoms with Gasteiger partial charge in [0.15, 0.2) is 0 Å². The fourth-order valence-corrected chi connectivity index (χ4v) is 5.26. The number of sulfonamides is 1. The Bertz CT molecular complexity index is 1100. The third-order valence-corrected chi connectivity index (χ3v) is 7.24. The molecule has 2 atom stereocenters. The molecule has 160 valence electrons. The van der Waals surface area contributed by atoms with E-state index >= 15 is 0 Å². The number of anilines is 1. The average molecular weight is 456 g/mol. The van der Waals surface area contributed by atoms with E-state index in [4.69, 9.17) is 16.3 Å². The summed E-state index contributed by atoms with van der Waals surface area (Å²) in [5.74, 6) is -1.44. The Morgan fingerprint density at radius 1 is 1.33 bits per heavy atom. The number of aliphatic hydroxyl groups is 1. The maximum absolute atomic E-state index is 14.3. The maximum Gasteiger partial charge on any atom is 0.267 e. The zero-order valence-electron chi connectivity index (χ0n) is 15.7. The molecule has 0 radical (unpaired) electrons. The lowest BCUT2D eigenvalue weighted by molar-refractivity contribution is 0.0872. The minimum Gasteiger partial charge on any atom is -0.474 e. The number of carbonyl (C=O) groups is 1. The van der Waals surface area contributed by atoms with Crippen LogP contribution in [0.25, 0.3) is 0 Å². The zero-order chi connectivity index (χ0) is 21.5. The van der Waals surface area contributed by atoms with Gasteiger partial charge in [0.05, 0.1) is 24.3 Å². The minimum atomic E-state index is -4.29. The summed E-state index contributed by atoms with van der Waals surface area (Å²) in [6, 6.07) is 4.27. The average Bonchev–Trinajstić information content (AvgIpc) is 3.11.